The molecule has 1 spiro atoms. The minimum Gasteiger partial charge on any atom is -0.316 e. The minimum atomic E-state index is -0.412. The second kappa shape index (κ2) is 5.31. The predicted octanol–water partition coefficient (Wildman–Crippen LogP) is 2.43. The molecule has 2 heterocycles. The van der Waals surface area contributed by atoms with Crippen molar-refractivity contribution in [2.24, 2.45) is 5.41 Å². The third-order valence-corrected chi connectivity index (χ3v) is 4.84. The second-order valence-corrected chi connectivity index (χ2v) is 6.33. The van der Waals surface area contributed by atoms with Gasteiger partial charge < -0.3 is 5.32 Å². The summed E-state index contributed by atoms with van der Waals surface area (Å²) in [4.78, 5) is 12.7. The van der Waals surface area contributed by atoms with Crippen molar-refractivity contribution in [1.82, 2.24) is 10.2 Å². The van der Waals surface area contributed by atoms with E-state index in [1.54, 1.807) is 6.07 Å². The molecular formula is C14H18ClN3O2. The van der Waals surface area contributed by atoms with Crippen LogP contribution in [0.5, 0.6) is 0 Å². The van der Waals surface area contributed by atoms with Gasteiger partial charge in [-0.05, 0) is 43.0 Å². The van der Waals surface area contributed by atoms with Gasteiger partial charge >= 0.3 is 0 Å². The Balaban J connectivity index is 1.68. The highest BCUT2D eigenvalue weighted by Gasteiger charge is 2.40. The van der Waals surface area contributed by atoms with Gasteiger partial charge in [0.05, 0.1) is 9.95 Å². The summed E-state index contributed by atoms with van der Waals surface area (Å²) in [5.41, 5.74) is 1.46. The van der Waals surface area contributed by atoms with Crippen LogP contribution >= 0.6 is 11.6 Å². The molecule has 0 radical (unpaired) electrons. The number of nitrogens with one attached hydrogen (secondary N) is 1. The Labute approximate surface area is 123 Å². The van der Waals surface area contributed by atoms with Crippen LogP contribution in [0.25, 0.3) is 0 Å². The van der Waals surface area contributed by atoms with E-state index in [0.29, 0.717) is 10.4 Å². The maximum atomic E-state index is 10.7. The van der Waals surface area contributed by atoms with Crippen LogP contribution in [0.15, 0.2) is 18.2 Å². The van der Waals surface area contributed by atoms with Crippen molar-refractivity contribution in [2.45, 2.75) is 19.4 Å². The number of nitrogens with zero attached hydrogens (tertiary/aromatic N) is 2. The summed E-state index contributed by atoms with van der Waals surface area (Å²) in [6, 6.07) is 4.75. The van der Waals surface area contributed by atoms with Gasteiger partial charge in [-0.3, -0.25) is 15.0 Å². The Morgan fingerprint density at radius 1 is 1.45 bits per heavy atom. The Morgan fingerprint density at radius 2 is 2.30 bits per heavy atom. The van der Waals surface area contributed by atoms with Crippen LogP contribution in [0.4, 0.5) is 5.69 Å². The van der Waals surface area contributed by atoms with Gasteiger partial charge in [0.2, 0.25) is 0 Å². The molecule has 108 valence electrons. The number of likely N-dealkylation sites (tertiary alicyclic amines) is 1. The summed E-state index contributed by atoms with van der Waals surface area (Å²) in [5.74, 6) is 0. The first-order valence-corrected chi connectivity index (χ1v) is 7.32. The zero-order chi connectivity index (χ0) is 14.2. The lowest BCUT2D eigenvalue weighted by molar-refractivity contribution is -0.384. The fourth-order valence-corrected chi connectivity index (χ4v) is 3.56. The van der Waals surface area contributed by atoms with Crippen LogP contribution in [-0.4, -0.2) is 36.0 Å². The quantitative estimate of drug-likeness (QED) is 0.687. The fraction of sp³-hybridized carbons (Fsp3) is 0.571. The number of hydrogen-bond acceptors (Lipinski definition) is 4. The van der Waals surface area contributed by atoms with Gasteiger partial charge in [-0.15, -0.1) is 0 Å². The summed E-state index contributed by atoms with van der Waals surface area (Å²) in [6.45, 7) is 5.17. The first-order valence-electron chi connectivity index (χ1n) is 6.94. The third kappa shape index (κ3) is 2.66. The molecule has 0 aromatic heterocycles. The molecule has 3 rings (SSSR count). The summed E-state index contributed by atoms with van der Waals surface area (Å²) in [7, 11) is 0. The molecule has 1 unspecified atom stereocenters. The van der Waals surface area contributed by atoms with E-state index in [2.05, 4.69) is 10.2 Å². The first-order chi connectivity index (χ1) is 9.58. The van der Waals surface area contributed by atoms with Crippen LogP contribution in [-0.2, 0) is 6.54 Å². The summed E-state index contributed by atoms with van der Waals surface area (Å²) in [5, 5.41) is 14.6. The number of hydrogen-bond donors (Lipinski definition) is 1. The zero-order valence-electron chi connectivity index (χ0n) is 11.3. The van der Waals surface area contributed by atoms with Gasteiger partial charge in [-0.1, -0.05) is 11.6 Å². The average molecular weight is 296 g/mol. The molecule has 0 amide bonds. The highest BCUT2D eigenvalue weighted by Crippen LogP contribution is 2.37. The number of benzene rings is 1. The van der Waals surface area contributed by atoms with Crippen molar-refractivity contribution in [3.05, 3.63) is 38.9 Å². The first kappa shape index (κ1) is 13.8. The third-order valence-electron chi connectivity index (χ3n) is 4.49. The molecule has 1 aromatic rings. The molecule has 0 saturated carbocycles. The van der Waals surface area contributed by atoms with Crippen molar-refractivity contribution < 1.29 is 4.92 Å². The molecule has 0 bridgehead atoms. The lowest BCUT2D eigenvalue weighted by Gasteiger charge is -2.23. The van der Waals surface area contributed by atoms with Crippen molar-refractivity contribution in [2.75, 3.05) is 26.2 Å². The molecule has 1 aromatic carbocycles. The molecular weight excluding hydrogens is 278 g/mol. The highest BCUT2D eigenvalue weighted by molar-refractivity contribution is 6.31. The second-order valence-electron chi connectivity index (χ2n) is 5.92. The fourth-order valence-electron chi connectivity index (χ4n) is 3.33. The van der Waals surface area contributed by atoms with E-state index >= 15 is 0 Å². The predicted molar refractivity (Wildman–Crippen MR) is 77.9 cm³/mol. The van der Waals surface area contributed by atoms with Gasteiger partial charge in [0, 0.05) is 31.8 Å². The Kier molecular flexibility index (Phi) is 3.67. The van der Waals surface area contributed by atoms with Crippen LogP contribution in [0.1, 0.15) is 18.4 Å². The van der Waals surface area contributed by atoms with Crippen LogP contribution in [0.2, 0.25) is 5.02 Å². The zero-order valence-corrected chi connectivity index (χ0v) is 12.0. The number of nitro groups is 1. The van der Waals surface area contributed by atoms with Gasteiger partial charge in [0.1, 0.15) is 0 Å². The highest BCUT2D eigenvalue weighted by atomic mass is 35.5. The smallest absolute Gasteiger partial charge is 0.270 e. The molecule has 2 aliphatic rings. The Morgan fingerprint density at radius 3 is 2.95 bits per heavy atom. The van der Waals surface area contributed by atoms with E-state index in [1.165, 1.54) is 25.0 Å². The van der Waals surface area contributed by atoms with Crippen LogP contribution in [0, 0.1) is 15.5 Å². The minimum absolute atomic E-state index is 0.0524. The van der Waals surface area contributed by atoms with E-state index in [1.807, 2.05) is 0 Å². The van der Waals surface area contributed by atoms with E-state index in [4.69, 9.17) is 11.6 Å². The maximum Gasteiger partial charge on any atom is 0.270 e. The van der Waals surface area contributed by atoms with Crippen LogP contribution in [0.3, 0.4) is 0 Å². The lowest BCUT2D eigenvalue weighted by Crippen LogP contribution is -2.29. The summed E-state index contributed by atoms with van der Waals surface area (Å²) < 4.78 is 0. The van der Waals surface area contributed by atoms with Crippen molar-refractivity contribution >= 4 is 17.3 Å². The van der Waals surface area contributed by atoms with Crippen molar-refractivity contribution in [1.29, 1.82) is 0 Å². The van der Waals surface area contributed by atoms with E-state index in [0.717, 1.165) is 38.3 Å². The topological polar surface area (TPSA) is 58.4 Å². The summed E-state index contributed by atoms with van der Waals surface area (Å²) >= 11 is 6.16. The molecule has 1 atom stereocenters. The number of nitro benzene ring substituents is 1. The van der Waals surface area contributed by atoms with E-state index < -0.39 is 4.92 Å². The normalized spacial score (nSPS) is 26.4. The number of non-ortho nitro benzene ring substituents is 1. The monoisotopic (exact) mass is 295 g/mol. The molecule has 1 N–H and O–H groups in total. The maximum absolute atomic E-state index is 10.7. The van der Waals surface area contributed by atoms with Gasteiger partial charge in [0.15, 0.2) is 0 Å². The van der Waals surface area contributed by atoms with Gasteiger partial charge in [-0.25, -0.2) is 0 Å². The van der Waals surface area contributed by atoms with Gasteiger partial charge in [-0.2, -0.15) is 0 Å². The van der Waals surface area contributed by atoms with Crippen molar-refractivity contribution in [3.63, 3.8) is 0 Å². The molecule has 2 aliphatic heterocycles. The van der Waals surface area contributed by atoms with E-state index in [-0.39, 0.29) is 5.69 Å². The lowest BCUT2D eigenvalue weighted by atomic mass is 9.86. The van der Waals surface area contributed by atoms with Gasteiger partial charge in [0.25, 0.3) is 5.69 Å². The van der Waals surface area contributed by atoms with Crippen LogP contribution < -0.4 is 5.32 Å². The number of halogens is 1. The largest absolute Gasteiger partial charge is 0.316 e. The van der Waals surface area contributed by atoms with Crippen molar-refractivity contribution in [3.8, 4) is 0 Å². The molecule has 0 aliphatic carbocycles. The Hall–Kier alpha value is -1.17. The summed E-state index contributed by atoms with van der Waals surface area (Å²) in [6.07, 6.45) is 2.47. The van der Waals surface area contributed by atoms with E-state index in [9.17, 15) is 10.1 Å². The standard InChI is InChI=1S/C14H18ClN3O2/c15-13-7-12(18(19)20)2-1-11(13)8-17-6-4-14(10-17)3-5-16-9-14/h1-2,7,16H,3-6,8-10H2. The Bertz CT molecular complexity index is 529. The molecule has 20 heavy (non-hydrogen) atoms. The SMILES string of the molecule is O=[N+]([O-])c1ccc(CN2CCC3(CCNC3)C2)c(Cl)c1. The molecule has 2 fully saturated rings. The molecule has 6 heteroatoms. The molecule has 5 nitrogen and oxygen atoms in total. The molecule has 2 saturated heterocycles. The number of rotatable bonds is 3. The average Bonchev–Trinajstić information content (AvgIpc) is 3.03.